The van der Waals surface area contributed by atoms with Crippen LogP contribution >= 0.6 is 23.2 Å². The van der Waals surface area contributed by atoms with Crippen LogP contribution in [0.5, 0.6) is 0 Å². The number of nitrogens with zero attached hydrogens (tertiary/aromatic N) is 2. The number of sulfonamides is 1. The molecule has 7 nitrogen and oxygen atoms in total. The van der Waals surface area contributed by atoms with Gasteiger partial charge in [-0.25, -0.2) is 8.42 Å². The van der Waals surface area contributed by atoms with E-state index in [2.05, 4.69) is 5.32 Å². The molecule has 4 aromatic carbocycles. The first kappa shape index (κ1) is 33.1. The van der Waals surface area contributed by atoms with Crippen molar-refractivity contribution in [3.63, 3.8) is 0 Å². The lowest BCUT2D eigenvalue weighted by molar-refractivity contribution is -0.139. The van der Waals surface area contributed by atoms with Gasteiger partial charge in [0.15, 0.2) is 0 Å². The summed E-state index contributed by atoms with van der Waals surface area (Å²) >= 11 is 13.1. The maximum Gasteiger partial charge on any atom is 0.264 e. The monoisotopic (exact) mass is 651 g/mol. The predicted octanol–water partition coefficient (Wildman–Crippen LogP) is 6.50. The van der Waals surface area contributed by atoms with Crippen LogP contribution in [0.4, 0.5) is 5.69 Å². The molecular weight excluding hydrogens is 617 g/mol. The quantitative estimate of drug-likeness (QED) is 0.201. The average Bonchev–Trinajstić information content (AvgIpc) is 2.99. The fourth-order valence-corrected chi connectivity index (χ4v) is 7.01. The number of carbonyl (C=O) groups excluding carboxylic acids is 2. The number of nitrogens with one attached hydrogen (secondary N) is 1. The summed E-state index contributed by atoms with van der Waals surface area (Å²) in [4.78, 5) is 29.3. The van der Waals surface area contributed by atoms with Crippen molar-refractivity contribution in [1.29, 1.82) is 0 Å². The third-order valence-corrected chi connectivity index (χ3v) is 9.90. The van der Waals surface area contributed by atoms with Gasteiger partial charge in [0.1, 0.15) is 12.6 Å². The van der Waals surface area contributed by atoms with E-state index in [1.165, 1.54) is 24.1 Å². The van der Waals surface area contributed by atoms with E-state index >= 15 is 0 Å². The third-order valence-electron chi connectivity index (χ3n) is 7.42. The number of amides is 2. The molecule has 0 aliphatic heterocycles. The van der Waals surface area contributed by atoms with Crippen LogP contribution in [0.3, 0.4) is 0 Å². The molecule has 1 atom stereocenters. The van der Waals surface area contributed by atoms with E-state index in [9.17, 15) is 18.0 Å². The second-order valence-electron chi connectivity index (χ2n) is 10.7. The predicted molar refractivity (Wildman–Crippen MR) is 177 cm³/mol. The van der Waals surface area contributed by atoms with Crippen LogP contribution in [0.2, 0.25) is 10.0 Å². The highest BCUT2D eigenvalue weighted by Gasteiger charge is 2.35. The number of hydrogen-bond acceptors (Lipinski definition) is 4. The van der Waals surface area contributed by atoms with Crippen LogP contribution in [0.1, 0.15) is 27.8 Å². The van der Waals surface area contributed by atoms with E-state index in [1.54, 1.807) is 49.4 Å². The van der Waals surface area contributed by atoms with E-state index in [0.29, 0.717) is 26.9 Å². The van der Waals surface area contributed by atoms with E-state index in [1.807, 2.05) is 50.2 Å². The topological polar surface area (TPSA) is 86.8 Å². The van der Waals surface area contributed by atoms with E-state index in [-0.39, 0.29) is 17.9 Å². The molecule has 0 saturated carbocycles. The number of rotatable bonds is 11. The Morgan fingerprint density at radius 2 is 1.43 bits per heavy atom. The lowest BCUT2D eigenvalue weighted by Gasteiger charge is -2.34. The van der Waals surface area contributed by atoms with Gasteiger partial charge >= 0.3 is 0 Å². The highest BCUT2D eigenvalue weighted by molar-refractivity contribution is 7.92. The van der Waals surface area contributed by atoms with Crippen molar-refractivity contribution in [3.8, 4) is 0 Å². The zero-order valence-electron chi connectivity index (χ0n) is 25.1. The maximum atomic E-state index is 14.5. The molecule has 44 heavy (non-hydrogen) atoms. The van der Waals surface area contributed by atoms with Gasteiger partial charge in [-0.05, 0) is 62.2 Å². The summed E-state index contributed by atoms with van der Waals surface area (Å²) in [7, 11) is -2.71. The number of hydrogen-bond donors (Lipinski definition) is 1. The Morgan fingerprint density at radius 3 is 2.02 bits per heavy atom. The van der Waals surface area contributed by atoms with Crippen LogP contribution < -0.4 is 9.62 Å². The summed E-state index contributed by atoms with van der Waals surface area (Å²) < 4.78 is 29.5. The molecule has 10 heteroatoms. The largest absolute Gasteiger partial charge is 0.357 e. The van der Waals surface area contributed by atoms with Crippen LogP contribution in [0.25, 0.3) is 0 Å². The van der Waals surface area contributed by atoms with Gasteiger partial charge in [0.2, 0.25) is 11.8 Å². The second-order valence-corrected chi connectivity index (χ2v) is 13.3. The van der Waals surface area contributed by atoms with Gasteiger partial charge in [-0.2, -0.15) is 0 Å². The standard InChI is InChI=1S/C34H35Cl2N3O4S/c1-23-13-16-27(17-14-23)44(42,43)39(31-18-15-24(2)19-25(31)3)22-33(40)38(21-28-29(35)11-8-12-30(28)36)32(34(41)37-4)20-26-9-6-5-7-10-26/h5-19,32H,20-22H2,1-4H3,(H,37,41)/t32-/m0/s1. The molecule has 1 N–H and O–H groups in total. The Hall–Kier alpha value is -3.85. The smallest absolute Gasteiger partial charge is 0.264 e. The first-order valence-electron chi connectivity index (χ1n) is 14.1. The molecule has 0 heterocycles. The SMILES string of the molecule is CNC(=O)[C@H](Cc1ccccc1)N(Cc1c(Cl)cccc1Cl)C(=O)CN(c1ccc(C)cc1C)S(=O)(=O)c1ccc(C)cc1. The molecule has 0 saturated heterocycles. The summed E-state index contributed by atoms with van der Waals surface area (Å²) in [5, 5.41) is 3.31. The summed E-state index contributed by atoms with van der Waals surface area (Å²) in [5.74, 6) is -1.01. The van der Waals surface area contributed by atoms with Crippen LogP contribution in [0, 0.1) is 20.8 Å². The molecule has 4 rings (SSSR count). The number of likely N-dealkylation sites (N-methyl/N-ethyl adjacent to an activating group) is 1. The Balaban J connectivity index is 1.84. The summed E-state index contributed by atoms with van der Waals surface area (Å²) in [5.41, 5.74) is 4.16. The average molecular weight is 653 g/mol. The minimum atomic E-state index is -4.20. The molecule has 230 valence electrons. The van der Waals surface area contributed by atoms with Crippen molar-refractivity contribution in [2.45, 2.75) is 44.7 Å². The lowest BCUT2D eigenvalue weighted by Crippen LogP contribution is -2.53. The maximum absolute atomic E-state index is 14.5. The molecule has 0 bridgehead atoms. The molecule has 0 fully saturated rings. The fraction of sp³-hybridized carbons (Fsp3) is 0.235. The number of carbonyl (C=O) groups is 2. The normalized spacial score (nSPS) is 12.0. The van der Waals surface area contributed by atoms with Crippen molar-refractivity contribution in [2.75, 3.05) is 17.9 Å². The summed E-state index contributed by atoms with van der Waals surface area (Å²) in [6, 6.07) is 25.1. The Morgan fingerprint density at radius 1 is 0.818 bits per heavy atom. The van der Waals surface area contributed by atoms with Gasteiger partial charge < -0.3 is 10.2 Å². The molecule has 0 unspecified atom stereocenters. The van der Waals surface area contributed by atoms with Crippen LogP contribution in [0.15, 0.2) is 95.9 Å². The molecular formula is C34H35Cl2N3O4S. The second kappa shape index (κ2) is 14.3. The zero-order chi connectivity index (χ0) is 32.0. The minimum Gasteiger partial charge on any atom is -0.357 e. The minimum absolute atomic E-state index is 0.0451. The van der Waals surface area contributed by atoms with Gasteiger partial charge in [-0.15, -0.1) is 0 Å². The number of anilines is 1. The van der Waals surface area contributed by atoms with Crippen molar-refractivity contribution in [1.82, 2.24) is 10.2 Å². The molecule has 2 amide bonds. The van der Waals surface area contributed by atoms with Gasteiger partial charge in [-0.1, -0.05) is 95.0 Å². The molecule has 0 radical (unpaired) electrons. The van der Waals surface area contributed by atoms with E-state index in [4.69, 9.17) is 23.2 Å². The molecule has 0 aromatic heterocycles. The van der Waals surface area contributed by atoms with E-state index in [0.717, 1.165) is 21.0 Å². The number of benzene rings is 4. The van der Waals surface area contributed by atoms with Crippen molar-refractivity contribution in [3.05, 3.63) is 129 Å². The Kier molecular flexibility index (Phi) is 10.7. The molecule has 0 aliphatic carbocycles. The highest BCUT2D eigenvalue weighted by atomic mass is 35.5. The zero-order valence-corrected chi connectivity index (χ0v) is 27.4. The van der Waals surface area contributed by atoms with Gasteiger partial charge in [0, 0.05) is 35.6 Å². The van der Waals surface area contributed by atoms with Gasteiger partial charge in [0.05, 0.1) is 10.6 Å². The van der Waals surface area contributed by atoms with Crippen LogP contribution in [-0.2, 0) is 32.6 Å². The molecule has 4 aromatic rings. The number of aryl methyl sites for hydroxylation is 3. The van der Waals surface area contributed by atoms with Gasteiger partial charge in [-0.3, -0.25) is 13.9 Å². The summed E-state index contributed by atoms with van der Waals surface area (Å²) in [6.07, 6.45) is 0.183. The molecule has 0 spiro atoms. The fourth-order valence-electron chi connectivity index (χ4n) is 5.01. The lowest BCUT2D eigenvalue weighted by atomic mass is 10.0. The highest BCUT2D eigenvalue weighted by Crippen LogP contribution is 2.30. The first-order chi connectivity index (χ1) is 20.9. The summed E-state index contributed by atoms with van der Waals surface area (Å²) in [6.45, 7) is 4.89. The molecule has 0 aliphatic rings. The Labute approximate surface area is 269 Å². The Bertz CT molecular complexity index is 1730. The van der Waals surface area contributed by atoms with Crippen molar-refractivity contribution < 1.29 is 18.0 Å². The van der Waals surface area contributed by atoms with Crippen molar-refractivity contribution in [2.24, 2.45) is 0 Å². The number of halogens is 2. The van der Waals surface area contributed by atoms with E-state index < -0.39 is 34.4 Å². The van der Waals surface area contributed by atoms with Crippen molar-refractivity contribution >= 4 is 50.7 Å². The van der Waals surface area contributed by atoms with Crippen LogP contribution in [-0.4, -0.2) is 44.8 Å². The van der Waals surface area contributed by atoms with Gasteiger partial charge in [0.25, 0.3) is 10.0 Å². The third kappa shape index (κ3) is 7.62. The first-order valence-corrected chi connectivity index (χ1v) is 16.3.